The van der Waals surface area contributed by atoms with Gasteiger partial charge in [-0.05, 0) is 29.8 Å². The molecule has 2 aromatic rings. The molecule has 0 saturated carbocycles. The van der Waals surface area contributed by atoms with Crippen LogP contribution in [0.2, 0.25) is 0 Å². The van der Waals surface area contributed by atoms with Crippen LogP contribution in [0.15, 0.2) is 42.5 Å². The molecule has 0 bridgehead atoms. The Kier molecular flexibility index (Phi) is 4.35. The van der Waals surface area contributed by atoms with Crippen LogP contribution in [-0.2, 0) is 6.61 Å². The Morgan fingerprint density at radius 2 is 2.10 bits per heavy atom. The van der Waals surface area contributed by atoms with E-state index in [0.29, 0.717) is 29.2 Å². The smallest absolute Gasteiger partial charge is 0.150 e. The second-order valence-electron chi connectivity index (χ2n) is 4.13. The first-order valence-electron chi connectivity index (χ1n) is 6.02. The van der Waals surface area contributed by atoms with Crippen molar-refractivity contribution >= 4 is 6.29 Å². The number of hydrogen-bond acceptors (Lipinski definition) is 4. The summed E-state index contributed by atoms with van der Waals surface area (Å²) in [5, 5.41) is 9.02. The van der Waals surface area contributed by atoms with Gasteiger partial charge in [0, 0.05) is 5.56 Å². The van der Waals surface area contributed by atoms with E-state index >= 15 is 0 Å². The number of carbonyl (C=O) groups excluding carboxylic acids is 1. The molecule has 0 fully saturated rings. The SMILES string of the molecule is COc1ccc(COc2cccc(C=O)c2)cc1C#N. The summed E-state index contributed by atoms with van der Waals surface area (Å²) in [6, 6.07) is 14.3. The Morgan fingerprint density at radius 3 is 2.80 bits per heavy atom. The third kappa shape index (κ3) is 3.15. The zero-order chi connectivity index (χ0) is 14.4. The quantitative estimate of drug-likeness (QED) is 0.781. The van der Waals surface area contributed by atoms with Crippen molar-refractivity contribution in [3.8, 4) is 17.6 Å². The van der Waals surface area contributed by atoms with Gasteiger partial charge < -0.3 is 9.47 Å². The van der Waals surface area contributed by atoms with Gasteiger partial charge in [-0.15, -0.1) is 0 Å². The van der Waals surface area contributed by atoms with Gasteiger partial charge in [0.05, 0.1) is 12.7 Å². The number of methoxy groups -OCH3 is 1. The van der Waals surface area contributed by atoms with Crippen LogP contribution >= 0.6 is 0 Å². The molecule has 0 spiro atoms. The highest BCUT2D eigenvalue weighted by Gasteiger charge is 2.04. The molecule has 0 aliphatic rings. The van der Waals surface area contributed by atoms with E-state index in [9.17, 15) is 4.79 Å². The van der Waals surface area contributed by atoms with E-state index in [4.69, 9.17) is 14.7 Å². The average Bonchev–Trinajstić information content (AvgIpc) is 2.52. The van der Waals surface area contributed by atoms with Gasteiger partial charge in [-0.1, -0.05) is 18.2 Å². The lowest BCUT2D eigenvalue weighted by Gasteiger charge is -2.08. The number of benzene rings is 2. The highest BCUT2D eigenvalue weighted by atomic mass is 16.5. The Bertz CT molecular complexity index is 659. The normalized spacial score (nSPS) is 9.60. The molecule has 0 radical (unpaired) electrons. The Morgan fingerprint density at radius 1 is 1.25 bits per heavy atom. The van der Waals surface area contributed by atoms with Gasteiger partial charge in [0.2, 0.25) is 0 Å². The summed E-state index contributed by atoms with van der Waals surface area (Å²) in [6.07, 6.45) is 0.772. The predicted molar refractivity (Wildman–Crippen MR) is 73.9 cm³/mol. The molecule has 0 unspecified atom stereocenters. The third-order valence-corrected chi connectivity index (χ3v) is 2.78. The first-order chi connectivity index (χ1) is 9.76. The molecule has 0 saturated heterocycles. The van der Waals surface area contributed by atoms with Crippen molar-refractivity contribution in [3.63, 3.8) is 0 Å². The number of nitriles is 1. The number of rotatable bonds is 5. The Balaban J connectivity index is 2.11. The van der Waals surface area contributed by atoms with Gasteiger partial charge in [0.1, 0.15) is 30.5 Å². The minimum Gasteiger partial charge on any atom is -0.495 e. The van der Waals surface area contributed by atoms with Crippen molar-refractivity contribution < 1.29 is 14.3 Å². The lowest BCUT2D eigenvalue weighted by atomic mass is 10.1. The fraction of sp³-hybridized carbons (Fsp3) is 0.125. The number of aldehydes is 1. The van der Waals surface area contributed by atoms with Gasteiger partial charge >= 0.3 is 0 Å². The van der Waals surface area contributed by atoms with Gasteiger partial charge in [0.25, 0.3) is 0 Å². The lowest BCUT2D eigenvalue weighted by molar-refractivity contribution is 0.112. The number of hydrogen-bond donors (Lipinski definition) is 0. The van der Waals surface area contributed by atoms with Crippen molar-refractivity contribution in [2.24, 2.45) is 0 Å². The van der Waals surface area contributed by atoms with Crippen LogP contribution in [0, 0.1) is 11.3 Å². The molecule has 0 aliphatic heterocycles. The van der Waals surface area contributed by atoms with E-state index in [1.807, 2.05) is 6.07 Å². The van der Waals surface area contributed by atoms with Crippen molar-refractivity contribution in [1.29, 1.82) is 5.26 Å². The topological polar surface area (TPSA) is 59.3 Å². The summed E-state index contributed by atoms with van der Waals surface area (Å²) in [5.74, 6) is 1.16. The van der Waals surface area contributed by atoms with Gasteiger partial charge in [-0.3, -0.25) is 4.79 Å². The van der Waals surface area contributed by atoms with Crippen LogP contribution < -0.4 is 9.47 Å². The van der Waals surface area contributed by atoms with Crippen molar-refractivity contribution in [2.45, 2.75) is 6.61 Å². The van der Waals surface area contributed by atoms with E-state index in [0.717, 1.165) is 11.8 Å². The minimum absolute atomic E-state index is 0.320. The molecular formula is C16H13NO3. The standard InChI is InChI=1S/C16H13NO3/c1-19-16-6-5-13(7-14(16)9-17)11-20-15-4-2-3-12(8-15)10-18/h2-8,10H,11H2,1H3. The minimum atomic E-state index is 0.320. The number of ether oxygens (including phenoxy) is 2. The van der Waals surface area contributed by atoms with Crippen LogP contribution in [-0.4, -0.2) is 13.4 Å². The lowest BCUT2D eigenvalue weighted by Crippen LogP contribution is -1.97. The van der Waals surface area contributed by atoms with E-state index in [2.05, 4.69) is 6.07 Å². The van der Waals surface area contributed by atoms with Crippen LogP contribution in [0.5, 0.6) is 11.5 Å². The molecule has 20 heavy (non-hydrogen) atoms. The largest absolute Gasteiger partial charge is 0.495 e. The fourth-order valence-corrected chi connectivity index (χ4v) is 1.78. The summed E-state index contributed by atoms with van der Waals surface area (Å²) < 4.78 is 10.7. The Labute approximate surface area is 117 Å². The van der Waals surface area contributed by atoms with Crippen molar-refractivity contribution in [2.75, 3.05) is 7.11 Å². The fourth-order valence-electron chi connectivity index (χ4n) is 1.78. The summed E-state index contributed by atoms with van der Waals surface area (Å²) in [4.78, 5) is 10.7. The van der Waals surface area contributed by atoms with Crippen LogP contribution in [0.1, 0.15) is 21.5 Å². The molecule has 0 aromatic heterocycles. The van der Waals surface area contributed by atoms with Crippen molar-refractivity contribution in [1.82, 2.24) is 0 Å². The van der Waals surface area contributed by atoms with Crippen LogP contribution in [0.3, 0.4) is 0 Å². The molecule has 0 atom stereocenters. The molecule has 0 aliphatic carbocycles. The predicted octanol–water partition coefficient (Wildman–Crippen LogP) is 2.96. The van der Waals surface area contributed by atoms with Crippen molar-refractivity contribution in [3.05, 3.63) is 59.2 Å². The highest BCUT2D eigenvalue weighted by molar-refractivity contribution is 5.75. The summed E-state index contributed by atoms with van der Waals surface area (Å²) in [5.41, 5.74) is 1.89. The second-order valence-corrected chi connectivity index (χ2v) is 4.13. The molecule has 0 N–H and O–H groups in total. The maximum absolute atomic E-state index is 10.7. The summed E-state index contributed by atoms with van der Waals surface area (Å²) in [6.45, 7) is 0.320. The molecule has 4 nitrogen and oxygen atoms in total. The van der Waals surface area contributed by atoms with Gasteiger partial charge in [-0.25, -0.2) is 0 Å². The molecule has 2 rings (SSSR count). The third-order valence-electron chi connectivity index (χ3n) is 2.78. The number of nitrogens with zero attached hydrogens (tertiary/aromatic N) is 1. The second kappa shape index (κ2) is 6.39. The van der Waals surface area contributed by atoms with E-state index in [1.165, 1.54) is 7.11 Å². The maximum Gasteiger partial charge on any atom is 0.150 e. The van der Waals surface area contributed by atoms with Crippen LogP contribution in [0.4, 0.5) is 0 Å². The first-order valence-corrected chi connectivity index (χ1v) is 6.02. The van der Waals surface area contributed by atoms with E-state index in [-0.39, 0.29) is 0 Å². The monoisotopic (exact) mass is 267 g/mol. The molecule has 4 heteroatoms. The average molecular weight is 267 g/mol. The molecular weight excluding hydrogens is 254 g/mol. The first kappa shape index (κ1) is 13.6. The Hall–Kier alpha value is -2.80. The molecule has 0 amide bonds. The molecule has 0 heterocycles. The van der Waals surface area contributed by atoms with Crippen LogP contribution in [0.25, 0.3) is 0 Å². The summed E-state index contributed by atoms with van der Waals surface area (Å²) in [7, 11) is 1.53. The number of carbonyl (C=O) groups is 1. The highest BCUT2D eigenvalue weighted by Crippen LogP contribution is 2.20. The van der Waals surface area contributed by atoms with Gasteiger partial charge in [0.15, 0.2) is 0 Å². The van der Waals surface area contributed by atoms with E-state index < -0.39 is 0 Å². The summed E-state index contributed by atoms with van der Waals surface area (Å²) >= 11 is 0. The molecule has 2 aromatic carbocycles. The van der Waals surface area contributed by atoms with E-state index in [1.54, 1.807) is 36.4 Å². The zero-order valence-corrected chi connectivity index (χ0v) is 11.0. The maximum atomic E-state index is 10.7. The van der Waals surface area contributed by atoms with Gasteiger partial charge in [-0.2, -0.15) is 5.26 Å². The zero-order valence-electron chi connectivity index (χ0n) is 11.0. The molecule has 100 valence electrons.